The number of benzene rings is 1. The summed E-state index contributed by atoms with van der Waals surface area (Å²) in [7, 11) is 0. The summed E-state index contributed by atoms with van der Waals surface area (Å²) in [5.74, 6) is -0.780. The van der Waals surface area contributed by atoms with Gasteiger partial charge >= 0.3 is 0 Å². The van der Waals surface area contributed by atoms with E-state index in [2.05, 4.69) is 17.1 Å². The number of halogens is 2. The van der Waals surface area contributed by atoms with E-state index < -0.39 is 5.82 Å². The summed E-state index contributed by atoms with van der Waals surface area (Å²) < 4.78 is 26.6. The first-order valence-corrected chi connectivity index (χ1v) is 6.61. The van der Waals surface area contributed by atoms with Crippen molar-refractivity contribution >= 4 is 5.69 Å². The second-order valence-corrected chi connectivity index (χ2v) is 5.48. The molecule has 2 atom stereocenters. The third-order valence-corrected chi connectivity index (χ3v) is 3.93. The van der Waals surface area contributed by atoms with Gasteiger partial charge in [0, 0.05) is 24.7 Å². The molecule has 3 rings (SSSR count). The summed E-state index contributed by atoms with van der Waals surface area (Å²) >= 11 is 0. The van der Waals surface area contributed by atoms with Crippen LogP contribution in [0.1, 0.15) is 26.2 Å². The van der Waals surface area contributed by atoms with Crippen molar-refractivity contribution < 1.29 is 8.78 Å². The number of hydrogen-bond acceptors (Lipinski definition) is 2. The molecule has 1 heterocycles. The van der Waals surface area contributed by atoms with E-state index in [1.54, 1.807) is 0 Å². The quantitative estimate of drug-likeness (QED) is 0.889. The Balaban J connectivity index is 1.68. The molecule has 0 spiro atoms. The van der Waals surface area contributed by atoms with Gasteiger partial charge in [-0.1, -0.05) is 0 Å². The van der Waals surface area contributed by atoms with Gasteiger partial charge in [0.15, 0.2) is 0 Å². The molecule has 2 aliphatic rings. The van der Waals surface area contributed by atoms with E-state index in [0.29, 0.717) is 6.04 Å². The molecule has 2 nitrogen and oxygen atoms in total. The Morgan fingerprint density at radius 3 is 2.78 bits per heavy atom. The van der Waals surface area contributed by atoms with Gasteiger partial charge in [0.1, 0.15) is 11.6 Å². The predicted molar refractivity (Wildman–Crippen MR) is 67.6 cm³/mol. The highest BCUT2D eigenvalue weighted by molar-refractivity contribution is 5.46. The van der Waals surface area contributed by atoms with Crippen molar-refractivity contribution in [3.05, 3.63) is 29.8 Å². The number of anilines is 1. The lowest BCUT2D eigenvalue weighted by molar-refractivity contribution is 0.257. The summed E-state index contributed by atoms with van der Waals surface area (Å²) in [4.78, 5) is 2.48. The number of hydrogen-bond donors (Lipinski definition) is 1. The van der Waals surface area contributed by atoms with Crippen molar-refractivity contribution in [2.45, 2.75) is 44.3 Å². The summed E-state index contributed by atoms with van der Waals surface area (Å²) in [5, 5.41) is 3.14. The van der Waals surface area contributed by atoms with Gasteiger partial charge in [-0.15, -0.1) is 0 Å². The molecule has 98 valence electrons. The second-order valence-electron chi connectivity index (χ2n) is 5.48. The standard InChI is InChI=1S/C14H18F2N2/c1-9-6-11(8-18(9)12-3-4-12)17-14-7-10(15)2-5-13(14)16/h2,5,7,9,11-12,17H,3-4,6,8H2,1H3. The maximum atomic E-state index is 13.5. The Kier molecular flexibility index (Phi) is 2.98. The van der Waals surface area contributed by atoms with Gasteiger partial charge in [0.05, 0.1) is 5.69 Å². The zero-order chi connectivity index (χ0) is 12.7. The predicted octanol–water partition coefficient (Wildman–Crippen LogP) is 3.00. The first-order valence-electron chi connectivity index (χ1n) is 6.61. The molecule has 1 aromatic carbocycles. The Hall–Kier alpha value is -1.16. The van der Waals surface area contributed by atoms with E-state index >= 15 is 0 Å². The minimum absolute atomic E-state index is 0.219. The number of likely N-dealkylation sites (tertiary alicyclic amines) is 1. The van der Waals surface area contributed by atoms with Crippen LogP contribution in [0.25, 0.3) is 0 Å². The fraction of sp³-hybridized carbons (Fsp3) is 0.571. The van der Waals surface area contributed by atoms with Crippen molar-refractivity contribution in [1.29, 1.82) is 0 Å². The van der Waals surface area contributed by atoms with Crippen LogP contribution in [0.3, 0.4) is 0 Å². The lowest BCUT2D eigenvalue weighted by Crippen LogP contribution is -2.31. The van der Waals surface area contributed by atoms with Crippen LogP contribution in [0.2, 0.25) is 0 Å². The Bertz CT molecular complexity index is 445. The minimum Gasteiger partial charge on any atom is -0.379 e. The average molecular weight is 252 g/mol. The van der Waals surface area contributed by atoms with E-state index in [1.165, 1.54) is 25.0 Å². The third kappa shape index (κ3) is 2.34. The first-order chi connectivity index (χ1) is 8.63. The van der Waals surface area contributed by atoms with Gasteiger partial charge in [0.25, 0.3) is 0 Å². The van der Waals surface area contributed by atoms with Gasteiger partial charge in [-0.3, -0.25) is 4.90 Å². The molecule has 18 heavy (non-hydrogen) atoms. The zero-order valence-electron chi connectivity index (χ0n) is 10.5. The molecular formula is C14H18F2N2. The molecule has 0 radical (unpaired) electrons. The number of rotatable bonds is 3. The molecule has 1 aromatic rings. The van der Waals surface area contributed by atoms with Crippen molar-refractivity contribution in [2.24, 2.45) is 0 Å². The van der Waals surface area contributed by atoms with Gasteiger partial charge in [-0.25, -0.2) is 8.78 Å². The largest absolute Gasteiger partial charge is 0.379 e. The molecule has 1 aliphatic carbocycles. The second kappa shape index (κ2) is 4.50. The Labute approximate surface area is 106 Å². The summed E-state index contributed by atoms with van der Waals surface area (Å²) in [5.41, 5.74) is 0.282. The van der Waals surface area contributed by atoms with Crippen molar-refractivity contribution in [1.82, 2.24) is 4.90 Å². The van der Waals surface area contributed by atoms with Crippen LogP contribution in [0, 0.1) is 11.6 Å². The van der Waals surface area contributed by atoms with Crippen molar-refractivity contribution in [3.8, 4) is 0 Å². The van der Waals surface area contributed by atoms with Crippen molar-refractivity contribution in [3.63, 3.8) is 0 Å². The van der Waals surface area contributed by atoms with Crippen LogP contribution in [0.4, 0.5) is 14.5 Å². The SMILES string of the molecule is CC1CC(Nc2cc(F)ccc2F)CN1C1CC1. The lowest BCUT2D eigenvalue weighted by atomic mass is 10.2. The molecule has 1 N–H and O–H groups in total. The fourth-order valence-electron chi connectivity index (χ4n) is 2.90. The maximum Gasteiger partial charge on any atom is 0.146 e. The van der Waals surface area contributed by atoms with E-state index in [4.69, 9.17) is 0 Å². The minimum atomic E-state index is -0.399. The first kappa shape index (κ1) is 11.9. The molecule has 0 amide bonds. The van der Waals surface area contributed by atoms with Crippen LogP contribution >= 0.6 is 0 Å². The molecule has 0 aromatic heterocycles. The van der Waals surface area contributed by atoms with E-state index in [1.807, 2.05) is 0 Å². The van der Waals surface area contributed by atoms with E-state index in [-0.39, 0.29) is 17.5 Å². The molecule has 4 heteroatoms. The highest BCUT2D eigenvalue weighted by atomic mass is 19.1. The molecule has 2 fully saturated rings. The van der Waals surface area contributed by atoms with Gasteiger partial charge in [0.2, 0.25) is 0 Å². The molecule has 1 saturated carbocycles. The topological polar surface area (TPSA) is 15.3 Å². The normalized spacial score (nSPS) is 28.6. The fourth-order valence-corrected chi connectivity index (χ4v) is 2.90. The van der Waals surface area contributed by atoms with Crippen molar-refractivity contribution in [2.75, 3.05) is 11.9 Å². The smallest absolute Gasteiger partial charge is 0.146 e. The summed E-state index contributed by atoms with van der Waals surface area (Å²) in [6.45, 7) is 3.14. The number of nitrogens with one attached hydrogen (secondary N) is 1. The highest BCUT2D eigenvalue weighted by Crippen LogP contribution is 2.34. The van der Waals surface area contributed by atoms with E-state index in [9.17, 15) is 8.78 Å². The zero-order valence-corrected chi connectivity index (χ0v) is 10.5. The lowest BCUT2D eigenvalue weighted by Gasteiger charge is -2.20. The highest BCUT2D eigenvalue weighted by Gasteiger charge is 2.38. The summed E-state index contributed by atoms with van der Waals surface area (Å²) in [6.07, 6.45) is 3.56. The molecule has 1 aliphatic heterocycles. The van der Waals surface area contributed by atoms with Gasteiger partial charge in [-0.05, 0) is 44.4 Å². The molecule has 0 bridgehead atoms. The molecular weight excluding hydrogens is 234 g/mol. The number of nitrogens with zero attached hydrogens (tertiary/aromatic N) is 1. The van der Waals surface area contributed by atoms with Crippen LogP contribution < -0.4 is 5.32 Å². The Morgan fingerprint density at radius 2 is 2.06 bits per heavy atom. The summed E-state index contributed by atoms with van der Waals surface area (Å²) in [6, 6.07) is 5.04. The van der Waals surface area contributed by atoms with Crippen LogP contribution in [-0.2, 0) is 0 Å². The monoisotopic (exact) mass is 252 g/mol. The third-order valence-electron chi connectivity index (χ3n) is 3.93. The van der Waals surface area contributed by atoms with Gasteiger partial charge in [-0.2, -0.15) is 0 Å². The van der Waals surface area contributed by atoms with Crippen LogP contribution in [0.15, 0.2) is 18.2 Å². The average Bonchev–Trinajstić information content (AvgIpc) is 3.09. The van der Waals surface area contributed by atoms with Gasteiger partial charge < -0.3 is 5.32 Å². The maximum absolute atomic E-state index is 13.5. The molecule has 2 unspecified atom stereocenters. The van der Waals surface area contributed by atoms with Crippen LogP contribution in [0.5, 0.6) is 0 Å². The Morgan fingerprint density at radius 1 is 1.28 bits per heavy atom. The molecule has 1 saturated heterocycles. The van der Waals surface area contributed by atoms with Crippen LogP contribution in [-0.4, -0.2) is 29.6 Å². The van der Waals surface area contributed by atoms with E-state index in [0.717, 1.165) is 25.1 Å².